The van der Waals surface area contributed by atoms with Gasteiger partial charge in [-0.1, -0.05) is 6.92 Å². The summed E-state index contributed by atoms with van der Waals surface area (Å²) in [6.45, 7) is 3.23. The minimum atomic E-state index is 0.0335. The maximum Gasteiger partial charge on any atom is 0.272 e. The highest BCUT2D eigenvalue weighted by Crippen LogP contribution is 2.35. The first-order valence-electron chi connectivity index (χ1n) is 9.18. The van der Waals surface area contributed by atoms with Crippen LogP contribution < -0.4 is 14.8 Å². The largest absolute Gasteiger partial charge is 0.454 e. The normalized spacial score (nSPS) is 18.7. The highest BCUT2D eigenvalue weighted by Gasteiger charge is 2.26. The molecule has 0 spiro atoms. The predicted octanol–water partition coefficient (Wildman–Crippen LogP) is 3.96. The summed E-state index contributed by atoms with van der Waals surface area (Å²) in [5.74, 6) is 1.51. The molecular weight excluding hydrogens is 330 g/mol. The molecule has 1 aromatic carbocycles. The average Bonchev–Trinajstić information content (AvgIpc) is 3.16. The van der Waals surface area contributed by atoms with E-state index in [2.05, 4.69) is 17.2 Å². The van der Waals surface area contributed by atoms with E-state index in [1.807, 2.05) is 29.2 Å². The van der Waals surface area contributed by atoms with E-state index in [1.165, 1.54) is 6.42 Å². The van der Waals surface area contributed by atoms with Crippen molar-refractivity contribution in [1.82, 2.24) is 9.88 Å². The van der Waals surface area contributed by atoms with E-state index >= 15 is 0 Å². The lowest BCUT2D eigenvalue weighted by molar-refractivity contribution is 0.0602. The van der Waals surface area contributed by atoms with Crippen LogP contribution in [0.5, 0.6) is 11.5 Å². The molecule has 1 amide bonds. The Hall–Kier alpha value is -2.76. The van der Waals surface area contributed by atoms with Crippen LogP contribution in [0.3, 0.4) is 0 Å². The number of piperidine rings is 1. The van der Waals surface area contributed by atoms with Gasteiger partial charge in [0.05, 0.1) is 11.9 Å². The molecule has 136 valence electrons. The maximum atomic E-state index is 12.8. The predicted molar refractivity (Wildman–Crippen MR) is 99.1 cm³/mol. The highest BCUT2D eigenvalue weighted by molar-refractivity contribution is 5.92. The number of anilines is 2. The number of aromatic nitrogens is 1. The minimum Gasteiger partial charge on any atom is -0.454 e. The Labute approximate surface area is 153 Å². The first-order valence-corrected chi connectivity index (χ1v) is 9.18. The van der Waals surface area contributed by atoms with E-state index in [4.69, 9.17) is 9.47 Å². The van der Waals surface area contributed by atoms with Crippen molar-refractivity contribution in [1.29, 1.82) is 0 Å². The van der Waals surface area contributed by atoms with Gasteiger partial charge in [-0.3, -0.25) is 4.79 Å². The Morgan fingerprint density at radius 3 is 2.85 bits per heavy atom. The molecule has 1 aromatic heterocycles. The fourth-order valence-electron chi connectivity index (χ4n) is 3.57. The highest BCUT2D eigenvalue weighted by atomic mass is 16.7. The van der Waals surface area contributed by atoms with Crippen molar-refractivity contribution in [2.45, 2.75) is 38.6 Å². The summed E-state index contributed by atoms with van der Waals surface area (Å²) < 4.78 is 10.7. The Bertz CT molecular complexity index is 791. The topological polar surface area (TPSA) is 63.7 Å². The lowest BCUT2D eigenvalue weighted by Crippen LogP contribution is -2.43. The molecule has 0 bridgehead atoms. The molecule has 1 unspecified atom stereocenters. The van der Waals surface area contributed by atoms with E-state index in [0.717, 1.165) is 48.7 Å². The van der Waals surface area contributed by atoms with Gasteiger partial charge in [0, 0.05) is 24.3 Å². The molecule has 0 radical (unpaired) electrons. The van der Waals surface area contributed by atoms with Crippen LogP contribution in [0.2, 0.25) is 0 Å². The van der Waals surface area contributed by atoms with Gasteiger partial charge in [0.15, 0.2) is 11.5 Å². The summed E-state index contributed by atoms with van der Waals surface area (Å²) in [7, 11) is 0. The molecule has 4 rings (SSSR count). The number of fused-ring (bicyclic) bond motifs is 1. The second kappa shape index (κ2) is 7.23. The molecule has 0 saturated carbocycles. The quantitative estimate of drug-likeness (QED) is 0.901. The summed E-state index contributed by atoms with van der Waals surface area (Å²) in [4.78, 5) is 19.1. The van der Waals surface area contributed by atoms with Crippen LogP contribution in [0, 0.1) is 0 Å². The number of carbonyl (C=O) groups excluding carboxylic acids is 1. The van der Waals surface area contributed by atoms with E-state index < -0.39 is 0 Å². The molecular formula is C20H23N3O3. The van der Waals surface area contributed by atoms with Gasteiger partial charge in [-0.15, -0.1) is 0 Å². The third-order valence-electron chi connectivity index (χ3n) is 5.00. The van der Waals surface area contributed by atoms with Crippen LogP contribution in [0.1, 0.15) is 43.1 Å². The Morgan fingerprint density at radius 1 is 1.19 bits per heavy atom. The zero-order chi connectivity index (χ0) is 17.9. The molecule has 26 heavy (non-hydrogen) atoms. The van der Waals surface area contributed by atoms with Crippen LogP contribution in [-0.2, 0) is 0 Å². The Kier molecular flexibility index (Phi) is 4.65. The molecule has 2 aliphatic rings. The van der Waals surface area contributed by atoms with Crippen molar-refractivity contribution in [3.8, 4) is 11.5 Å². The number of pyridine rings is 1. The lowest BCUT2D eigenvalue weighted by Gasteiger charge is -2.35. The molecule has 3 heterocycles. The minimum absolute atomic E-state index is 0.0335. The molecule has 1 saturated heterocycles. The first kappa shape index (κ1) is 16.7. The zero-order valence-electron chi connectivity index (χ0n) is 14.9. The second-order valence-corrected chi connectivity index (χ2v) is 6.68. The van der Waals surface area contributed by atoms with Crippen molar-refractivity contribution >= 4 is 17.3 Å². The van der Waals surface area contributed by atoms with Gasteiger partial charge >= 0.3 is 0 Å². The number of nitrogens with zero attached hydrogens (tertiary/aromatic N) is 2. The summed E-state index contributed by atoms with van der Waals surface area (Å²) >= 11 is 0. The molecule has 0 aliphatic carbocycles. The van der Waals surface area contributed by atoms with Crippen LogP contribution >= 0.6 is 0 Å². The summed E-state index contributed by atoms with van der Waals surface area (Å²) in [6.07, 6.45) is 6.06. The molecule has 2 aromatic rings. The Balaban J connectivity index is 1.45. The van der Waals surface area contributed by atoms with Crippen molar-refractivity contribution in [3.05, 3.63) is 42.2 Å². The smallest absolute Gasteiger partial charge is 0.272 e. The summed E-state index contributed by atoms with van der Waals surface area (Å²) in [5, 5.41) is 3.28. The number of hydrogen-bond acceptors (Lipinski definition) is 5. The van der Waals surface area contributed by atoms with Gasteiger partial charge in [0.1, 0.15) is 5.69 Å². The fourth-order valence-corrected chi connectivity index (χ4v) is 3.57. The maximum absolute atomic E-state index is 12.8. The zero-order valence-corrected chi connectivity index (χ0v) is 14.9. The lowest BCUT2D eigenvalue weighted by atomic mass is 9.99. The van der Waals surface area contributed by atoms with Gasteiger partial charge in [-0.25, -0.2) is 4.98 Å². The molecule has 1 atom stereocenters. The van der Waals surface area contributed by atoms with Gasteiger partial charge in [-0.2, -0.15) is 0 Å². The number of likely N-dealkylation sites (tertiary alicyclic amines) is 1. The van der Waals surface area contributed by atoms with Crippen molar-refractivity contribution in [2.75, 3.05) is 18.7 Å². The SMILES string of the molecule is CCC1CCCCN1C(=O)c1ccc(Nc2ccc3c(c2)OCO3)cn1. The summed E-state index contributed by atoms with van der Waals surface area (Å²) in [5.41, 5.74) is 2.21. The Morgan fingerprint density at radius 2 is 2.04 bits per heavy atom. The third-order valence-corrected chi connectivity index (χ3v) is 5.00. The third kappa shape index (κ3) is 3.31. The standard InChI is InChI=1S/C20H23N3O3/c1-2-16-5-3-4-10-23(16)20(24)17-8-6-15(12-21-17)22-14-7-9-18-19(11-14)26-13-25-18/h6-9,11-12,16,22H,2-5,10,13H2,1H3. The number of carbonyl (C=O) groups is 1. The molecule has 6 heteroatoms. The van der Waals surface area contributed by atoms with Gasteiger partial charge in [0.25, 0.3) is 5.91 Å². The van der Waals surface area contributed by atoms with Crippen LogP contribution in [0.4, 0.5) is 11.4 Å². The second-order valence-electron chi connectivity index (χ2n) is 6.68. The van der Waals surface area contributed by atoms with E-state index in [0.29, 0.717) is 11.7 Å². The number of ether oxygens (including phenoxy) is 2. The number of rotatable bonds is 4. The van der Waals surface area contributed by atoms with Crippen LogP contribution in [0.15, 0.2) is 36.5 Å². The van der Waals surface area contributed by atoms with Crippen molar-refractivity contribution < 1.29 is 14.3 Å². The average molecular weight is 353 g/mol. The summed E-state index contributed by atoms with van der Waals surface area (Å²) in [6, 6.07) is 9.70. The van der Waals surface area contributed by atoms with Gasteiger partial charge in [0.2, 0.25) is 6.79 Å². The monoisotopic (exact) mass is 353 g/mol. The van der Waals surface area contributed by atoms with Crippen molar-refractivity contribution in [3.63, 3.8) is 0 Å². The number of hydrogen-bond donors (Lipinski definition) is 1. The van der Waals surface area contributed by atoms with Crippen molar-refractivity contribution in [2.24, 2.45) is 0 Å². The first-order chi connectivity index (χ1) is 12.7. The van der Waals surface area contributed by atoms with Gasteiger partial charge in [-0.05, 0) is 49.9 Å². The molecule has 1 N–H and O–H groups in total. The van der Waals surface area contributed by atoms with E-state index in [1.54, 1.807) is 12.3 Å². The molecule has 2 aliphatic heterocycles. The van der Waals surface area contributed by atoms with Crippen LogP contribution in [-0.4, -0.2) is 35.2 Å². The fraction of sp³-hybridized carbons (Fsp3) is 0.400. The van der Waals surface area contributed by atoms with E-state index in [-0.39, 0.29) is 12.7 Å². The number of amides is 1. The van der Waals surface area contributed by atoms with Crippen LogP contribution in [0.25, 0.3) is 0 Å². The van der Waals surface area contributed by atoms with Gasteiger partial charge < -0.3 is 19.7 Å². The molecule has 1 fully saturated rings. The number of nitrogens with one attached hydrogen (secondary N) is 1. The molecule has 6 nitrogen and oxygen atoms in total. The van der Waals surface area contributed by atoms with E-state index in [9.17, 15) is 4.79 Å². The number of benzene rings is 1.